The van der Waals surface area contributed by atoms with Gasteiger partial charge in [0.25, 0.3) is 5.91 Å². The van der Waals surface area contributed by atoms with Gasteiger partial charge in [0.1, 0.15) is 17.3 Å². The van der Waals surface area contributed by atoms with E-state index >= 15 is 0 Å². The van der Waals surface area contributed by atoms with E-state index < -0.39 is 5.82 Å². The number of hydrogen-bond donors (Lipinski definition) is 2. The number of rotatable bonds is 4. The number of benzene rings is 2. The molecule has 0 fully saturated rings. The van der Waals surface area contributed by atoms with Gasteiger partial charge < -0.3 is 14.8 Å². The van der Waals surface area contributed by atoms with E-state index in [1.165, 1.54) is 32.4 Å². The molecule has 0 heterocycles. The molecular weight excluding hydrogens is 293 g/mol. The molecule has 2 aromatic rings. The highest BCUT2D eigenvalue weighted by molar-refractivity contribution is 7.80. The molecule has 0 aliphatic rings. The Morgan fingerprint density at radius 1 is 1.10 bits per heavy atom. The van der Waals surface area contributed by atoms with Crippen LogP contribution < -0.4 is 14.8 Å². The number of halogens is 1. The predicted molar refractivity (Wildman–Crippen MR) is 81.2 cm³/mol. The quantitative estimate of drug-likeness (QED) is 0.851. The molecule has 1 N–H and O–H groups in total. The highest BCUT2D eigenvalue weighted by Crippen LogP contribution is 2.26. The van der Waals surface area contributed by atoms with Crippen LogP contribution in [0.3, 0.4) is 0 Å². The Hall–Kier alpha value is -2.21. The standard InChI is InChI=1S/C15H14FNO3S/c1-19-11-6-10(7-12(8-11)20-2)17-15(18)9-3-4-13(16)14(21)5-9/h3-8,21H,1-2H3,(H,17,18). The van der Waals surface area contributed by atoms with Crippen LogP contribution in [0, 0.1) is 5.82 Å². The third kappa shape index (κ3) is 3.66. The van der Waals surface area contributed by atoms with E-state index in [0.29, 0.717) is 22.7 Å². The maximum absolute atomic E-state index is 13.1. The smallest absolute Gasteiger partial charge is 0.255 e. The molecule has 2 rings (SSSR count). The molecule has 0 saturated heterocycles. The number of thiol groups is 1. The summed E-state index contributed by atoms with van der Waals surface area (Å²) in [5, 5.41) is 2.70. The van der Waals surface area contributed by atoms with Crippen LogP contribution in [0.2, 0.25) is 0 Å². The molecule has 0 aliphatic heterocycles. The third-order valence-electron chi connectivity index (χ3n) is 2.82. The predicted octanol–water partition coefficient (Wildman–Crippen LogP) is 3.38. The van der Waals surface area contributed by atoms with Gasteiger partial charge in [-0.15, -0.1) is 12.6 Å². The van der Waals surface area contributed by atoms with Gasteiger partial charge in [0.05, 0.1) is 14.2 Å². The van der Waals surface area contributed by atoms with Crippen molar-refractivity contribution in [3.63, 3.8) is 0 Å². The van der Waals surface area contributed by atoms with Gasteiger partial charge in [-0.2, -0.15) is 0 Å². The van der Waals surface area contributed by atoms with Gasteiger partial charge in [-0.05, 0) is 18.2 Å². The van der Waals surface area contributed by atoms with Gasteiger partial charge in [-0.3, -0.25) is 4.79 Å². The van der Waals surface area contributed by atoms with Gasteiger partial charge in [0.15, 0.2) is 0 Å². The average Bonchev–Trinajstić information content (AvgIpc) is 2.49. The first-order valence-electron chi connectivity index (χ1n) is 6.06. The van der Waals surface area contributed by atoms with Crippen LogP contribution in [0.1, 0.15) is 10.4 Å². The fourth-order valence-electron chi connectivity index (χ4n) is 1.74. The first-order chi connectivity index (χ1) is 10.0. The van der Waals surface area contributed by atoms with Crippen molar-refractivity contribution in [2.24, 2.45) is 0 Å². The first-order valence-corrected chi connectivity index (χ1v) is 6.51. The number of ether oxygens (including phenoxy) is 2. The summed E-state index contributed by atoms with van der Waals surface area (Å²) in [6.45, 7) is 0. The zero-order chi connectivity index (χ0) is 15.4. The highest BCUT2D eigenvalue weighted by Gasteiger charge is 2.10. The molecule has 0 unspecified atom stereocenters. The van der Waals surface area contributed by atoms with Crippen molar-refractivity contribution < 1.29 is 18.7 Å². The van der Waals surface area contributed by atoms with E-state index in [0.717, 1.165) is 0 Å². The Kier molecular flexibility index (Phi) is 4.70. The summed E-state index contributed by atoms with van der Waals surface area (Å²) in [6, 6.07) is 8.97. The average molecular weight is 307 g/mol. The lowest BCUT2D eigenvalue weighted by Crippen LogP contribution is -2.12. The second-order valence-electron chi connectivity index (χ2n) is 4.22. The molecule has 0 bridgehead atoms. The Labute approximate surface area is 127 Å². The first kappa shape index (κ1) is 15.2. The Morgan fingerprint density at radius 3 is 2.24 bits per heavy atom. The molecule has 0 radical (unpaired) electrons. The van der Waals surface area contributed by atoms with Crippen molar-refractivity contribution in [2.45, 2.75) is 4.90 Å². The third-order valence-corrected chi connectivity index (χ3v) is 3.16. The molecule has 0 aliphatic carbocycles. The van der Waals surface area contributed by atoms with Crippen LogP contribution in [0.25, 0.3) is 0 Å². The molecule has 0 aromatic heterocycles. The minimum Gasteiger partial charge on any atom is -0.497 e. The number of amides is 1. The maximum Gasteiger partial charge on any atom is 0.255 e. The molecule has 0 spiro atoms. The zero-order valence-electron chi connectivity index (χ0n) is 11.5. The van der Waals surface area contributed by atoms with Crippen LogP contribution in [0.4, 0.5) is 10.1 Å². The fraction of sp³-hybridized carbons (Fsp3) is 0.133. The normalized spacial score (nSPS) is 10.1. The Morgan fingerprint density at radius 2 is 1.71 bits per heavy atom. The SMILES string of the molecule is COc1cc(NC(=O)c2ccc(F)c(S)c2)cc(OC)c1. The number of anilines is 1. The number of methoxy groups -OCH3 is 2. The van der Waals surface area contributed by atoms with Crippen molar-refractivity contribution in [1.29, 1.82) is 0 Å². The van der Waals surface area contributed by atoms with Crippen LogP contribution in [-0.2, 0) is 0 Å². The molecule has 4 nitrogen and oxygen atoms in total. The van der Waals surface area contributed by atoms with E-state index in [1.54, 1.807) is 18.2 Å². The van der Waals surface area contributed by atoms with E-state index in [4.69, 9.17) is 9.47 Å². The van der Waals surface area contributed by atoms with Gasteiger partial charge in [-0.1, -0.05) is 0 Å². The van der Waals surface area contributed by atoms with Crippen LogP contribution in [0.15, 0.2) is 41.3 Å². The topological polar surface area (TPSA) is 47.6 Å². The fourth-order valence-corrected chi connectivity index (χ4v) is 1.95. The van der Waals surface area contributed by atoms with Crippen LogP contribution in [-0.4, -0.2) is 20.1 Å². The van der Waals surface area contributed by atoms with Crippen LogP contribution >= 0.6 is 12.6 Å². The van der Waals surface area contributed by atoms with Gasteiger partial charge in [0, 0.05) is 34.3 Å². The molecule has 0 saturated carbocycles. The second kappa shape index (κ2) is 6.49. The van der Waals surface area contributed by atoms with E-state index in [9.17, 15) is 9.18 Å². The minimum atomic E-state index is -0.474. The summed E-state index contributed by atoms with van der Waals surface area (Å²) in [5.41, 5.74) is 0.824. The molecular formula is C15H14FNO3S. The Bertz CT molecular complexity index is 654. The monoisotopic (exact) mass is 307 g/mol. The Balaban J connectivity index is 2.24. The van der Waals surface area contributed by atoms with E-state index in [1.807, 2.05) is 0 Å². The zero-order valence-corrected chi connectivity index (χ0v) is 12.4. The minimum absolute atomic E-state index is 0.117. The van der Waals surface area contributed by atoms with Gasteiger partial charge in [0.2, 0.25) is 0 Å². The van der Waals surface area contributed by atoms with Crippen molar-refractivity contribution in [3.8, 4) is 11.5 Å². The summed E-state index contributed by atoms with van der Waals surface area (Å²) < 4.78 is 23.4. The summed E-state index contributed by atoms with van der Waals surface area (Å²) in [4.78, 5) is 12.2. The van der Waals surface area contributed by atoms with Crippen molar-refractivity contribution in [2.75, 3.05) is 19.5 Å². The van der Waals surface area contributed by atoms with Crippen molar-refractivity contribution in [3.05, 3.63) is 47.8 Å². The second-order valence-corrected chi connectivity index (χ2v) is 4.70. The van der Waals surface area contributed by atoms with Crippen LogP contribution in [0.5, 0.6) is 11.5 Å². The number of carbonyl (C=O) groups excluding carboxylic acids is 1. The summed E-state index contributed by atoms with van der Waals surface area (Å²) in [6.07, 6.45) is 0. The lowest BCUT2D eigenvalue weighted by molar-refractivity contribution is 0.102. The lowest BCUT2D eigenvalue weighted by atomic mass is 10.2. The van der Waals surface area contributed by atoms with Gasteiger partial charge >= 0.3 is 0 Å². The summed E-state index contributed by atoms with van der Waals surface area (Å²) >= 11 is 3.96. The maximum atomic E-state index is 13.1. The molecule has 2 aromatic carbocycles. The summed E-state index contributed by atoms with van der Waals surface area (Å²) in [7, 11) is 3.04. The van der Waals surface area contributed by atoms with E-state index in [2.05, 4.69) is 17.9 Å². The van der Waals surface area contributed by atoms with Crippen molar-refractivity contribution in [1.82, 2.24) is 0 Å². The van der Waals surface area contributed by atoms with Gasteiger partial charge in [-0.25, -0.2) is 4.39 Å². The molecule has 1 amide bonds. The number of nitrogens with one attached hydrogen (secondary N) is 1. The van der Waals surface area contributed by atoms with E-state index in [-0.39, 0.29) is 10.8 Å². The molecule has 110 valence electrons. The summed E-state index contributed by atoms with van der Waals surface area (Å²) in [5.74, 6) is 0.260. The molecule has 0 atom stereocenters. The number of carbonyl (C=O) groups is 1. The largest absolute Gasteiger partial charge is 0.497 e. The highest BCUT2D eigenvalue weighted by atomic mass is 32.1. The molecule has 21 heavy (non-hydrogen) atoms. The number of hydrogen-bond acceptors (Lipinski definition) is 4. The van der Waals surface area contributed by atoms with Crippen molar-refractivity contribution >= 4 is 24.2 Å². The molecule has 6 heteroatoms. The lowest BCUT2D eigenvalue weighted by Gasteiger charge is -2.10.